The molecule has 0 spiro atoms. The van der Waals surface area contributed by atoms with Crippen molar-refractivity contribution in [2.45, 2.75) is 5.51 Å². The quantitative estimate of drug-likeness (QED) is 0.137. The van der Waals surface area contributed by atoms with E-state index in [0.717, 1.165) is 0 Å². The largest absolute Gasteiger partial charge is 0.534 e. The molecule has 7 nitrogen and oxygen atoms in total. The van der Waals surface area contributed by atoms with Gasteiger partial charge in [-0.3, -0.25) is 0 Å². The number of halogens is 3. The van der Waals surface area contributed by atoms with E-state index < -0.39 is 21.4 Å². The summed E-state index contributed by atoms with van der Waals surface area (Å²) in [6.45, 7) is 0. The highest BCUT2D eigenvalue weighted by atomic mass is 32.2. The van der Waals surface area contributed by atoms with Crippen molar-refractivity contribution in [1.29, 1.82) is 21.0 Å². The molecular formula is C35H17F3N4O3S. The van der Waals surface area contributed by atoms with Gasteiger partial charge in [0.15, 0.2) is 0 Å². The molecule has 5 rings (SSSR count). The molecule has 0 unspecified atom stereocenters. The molecule has 0 saturated heterocycles. The first kappa shape index (κ1) is 31.0. The van der Waals surface area contributed by atoms with Crippen LogP contribution < -0.4 is 4.18 Å². The van der Waals surface area contributed by atoms with Crippen LogP contribution in [0.3, 0.4) is 0 Å². The van der Waals surface area contributed by atoms with Crippen LogP contribution in [0.2, 0.25) is 0 Å². The average molecular weight is 631 g/mol. The normalized spacial score (nSPS) is 11.0. The third-order valence-corrected chi connectivity index (χ3v) is 7.86. The van der Waals surface area contributed by atoms with Crippen molar-refractivity contribution in [2.75, 3.05) is 0 Å². The Bertz CT molecular complexity index is 2070. The van der Waals surface area contributed by atoms with Crippen molar-refractivity contribution in [2.24, 2.45) is 0 Å². The van der Waals surface area contributed by atoms with Gasteiger partial charge in [-0.2, -0.15) is 42.6 Å². The summed E-state index contributed by atoms with van der Waals surface area (Å²) in [6.07, 6.45) is 0. The first-order valence-electron chi connectivity index (χ1n) is 13.2. The average Bonchev–Trinajstić information content (AvgIpc) is 3.07. The lowest BCUT2D eigenvalue weighted by Crippen LogP contribution is -2.28. The predicted octanol–water partition coefficient (Wildman–Crippen LogP) is 8.07. The van der Waals surface area contributed by atoms with Gasteiger partial charge < -0.3 is 4.18 Å². The maximum absolute atomic E-state index is 13.2. The molecule has 0 heterocycles. The van der Waals surface area contributed by atoms with Gasteiger partial charge in [0.2, 0.25) is 0 Å². The summed E-state index contributed by atoms with van der Waals surface area (Å²) < 4.78 is 67.9. The highest BCUT2D eigenvalue weighted by molar-refractivity contribution is 7.88. The Balaban J connectivity index is 1.57. The van der Waals surface area contributed by atoms with E-state index in [1.807, 2.05) is 24.3 Å². The molecule has 222 valence electrons. The number of alkyl halides is 3. The van der Waals surface area contributed by atoms with Gasteiger partial charge in [0.25, 0.3) is 0 Å². The van der Waals surface area contributed by atoms with Crippen molar-refractivity contribution in [3.05, 3.63) is 125 Å². The molecule has 0 atom stereocenters. The number of nitriles is 4. The van der Waals surface area contributed by atoms with Crippen LogP contribution in [0.15, 0.2) is 103 Å². The summed E-state index contributed by atoms with van der Waals surface area (Å²) in [5.41, 5.74) is -0.156. The van der Waals surface area contributed by atoms with Crippen LogP contribution in [0.25, 0.3) is 44.5 Å². The van der Waals surface area contributed by atoms with Gasteiger partial charge in [-0.05, 0) is 99.1 Å². The Labute approximate surface area is 261 Å². The maximum Gasteiger partial charge on any atom is 0.534 e. The lowest BCUT2D eigenvalue weighted by atomic mass is 9.94. The molecule has 0 N–H and O–H groups in total. The molecule has 46 heavy (non-hydrogen) atoms. The van der Waals surface area contributed by atoms with E-state index in [1.54, 1.807) is 78.9 Å². The first-order valence-corrected chi connectivity index (χ1v) is 14.6. The SMILES string of the molecule is N#Cc1cc(C#N)cc(-c2ccc(-c3cc(OS(=O)(=O)C(F)(F)F)cc(-c4ccc(-c5cc(C#N)cc(C#N)c5)cc4)c3)cc2)c1. The second-order valence-corrected chi connectivity index (χ2v) is 11.5. The van der Waals surface area contributed by atoms with Gasteiger partial charge in [-0.25, -0.2) is 0 Å². The maximum atomic E-state index is 13.2. The Kier molecular flexibility index (Phi) is 8.30. The molecule has 0 aliphatic rings. The number of rotatable bonds is 6. The number of benzene rings is 5. The van der Waals surface area contributed by atoms with Gasteiger partial charge in [-0.1, -0.05) is 48.5 Å². The summed E-state index contributed by atoms with van der Waals surface area (Å²) in [5.74, 6) is -0.557. The molecule has 0 aromatic heterocycles. The topological polar surface area (TPSA) is 139 Å². The Morgan fingerprint density at radius 3 is 1.00 bits per heavy atom. The fraction of sp³-hybridized carbons (Fsp3) is 0.0286. The van der Waals surface area contributed by atoms with Gasteiger partial charge >= 0.3 is 15.6 Å². The number of hydrogen-bond acceptors (Lipinski definition) is 7. The van der Waals surface area contributed by atoms with Crippen molar-refractivity contribution >= 4 is 10.1 Å². The summed E-state index contributed by atoms with van der Waals surface area (Å²) in [7, 11) is -5.97. The van der Waals surface area contributed by atoms with Gasteiger partial charge in [0, 0.05) is 0 Å². The van der Waals surface area contributed by atoms with E-state index in [-0.39, 0.29) is 0 Å². The van der Waals surface area contributed by atoms with E-state index in [1.165, 1.54) is 24.3 Å². The van der Waals surface area contributed by atoms with Crippen LogP contribution in [0.5, 0.6) is 5.75 Å². The molecule has 11 heteroatoms. The fourth-order valence-corrected chi connectivity index (χ4v) is 5.16. The Morgan fingerprint density at radius 2 is 0.739 bits per heavy atom. The van der Waals surface area contributed by atoms with Gasteiger partial charge in [0.05, 0.1) is 46.5 Å². The highest BCUT2D eigenvalue weighted by Crippen LogP contribution is 2.36. The molecule has 5 aromatic rings. The third-order valence-electron chi connectivity index (χ3n) is 6.88. The molecule has 5 aromatic carbocycles. The minimum absolute atomic E-state index is 0.299. The van der Waals surface area contributed by atoms with Crippen molar-refractivity contribution < 1.29 is 25.8 Å². The predicted molar refractivity (Wildman–Crippen MR) is 163 cm³/mol. The zero-order valence-corrected chi connectivity index (χ0v) is 24.2. The zero-order chi connectivity index (χ0) is 33.1. The van der Waals surface area contributed by atoms with Crippen LogP contribution in [0, 0.1) is 45.3 Å². The van der Waals surface area contributed by atoms with Crippen LogP contribution in [-0.4, -0.2) is 13.9 Å². The minimum atomic E-state index is -5.97. The van der Waals surface area contributed by atoms with E-state index in [0.29, 0.717) is 66.8 Å². The fourth-order valence-electron chi connectivity index (χ4n) is 4.71. The van der Waals surface area contributed by atoms with Crippen LogP contribution in [0.4, 0.5) is 13.2 Å². The van der Waals surface area contributed by atoms with E-state index in [9.17, 15) is 42.6 Å². The number of hydrogen-bond donors (Lipinski definition) is 0. The summed E-state index contributed by atoms with van der Waals surface area (Å²) in [4.78, 5) is 0. The zero-order valence-electron chi connectivity index (χ0n) is 23.4. The van der Waals surface area contributed by atoms with Gasteiger partial charge in [0.1, 0.15) is 5.75 Å². The molecular weight excluding hydrogens is 613 g/mol. The minimum Gasteiger partial charge on any atom is -0.376 e. The smallest absolute Gasteiger partial charge is 0.376 e. The van der Waals surface area contributed by atoms with Crippen LogP contribution in [-0.2, 0) is 10.1 Å². The molecule has 0 fully saturated rings. The van der Waals surface area contributed by atoms with Gasteiger partial charge in [-0.15, -0.1) is 0 Å². The number of nitrogens with zero attached hydrogens (tertiary/aromatic N) is 4. The molecule has 0 amide bonds. The van der Waals surface area contributed by atoms with Crippen molar-refractivity contribution in [1.82, 2.24) is 0 Å². The summed E-state index contributed by atoms with van der Waals surface area (Å²) in [5, 5.41) is 37.2. The molecule has 0 radical (unpaired) electrons. The van der Waals surface area contributed by atoms with Crippen LogP contribution >= 0.6 is 0 Å². The monoisotopic (exact) mass is 630 g/mol. The summed E-state index contributed by atoms with van der Waals surface area (Å²) >= 11 is 0. The van der Waals surface area contributed by atoms with E-state index in [4.69, 9.17) is 0 Å². The second kappa shape index (κ2) is 12.3. The van der Waals surface area contributed by atoms with Crippen molar-refractivity contribution in [3.8, 4) is 74.5 Å². The Morgan fingerprint density at radius 1 is 0.457 bits per heavy atom. The van der Waals surface area contributed by atoms with Crippen molar-refractivity contribution in [3.63, 3.8) is 0 Å². The second-order valence-electron chi connectivity index (χ2n) is 9.93. The molecule has 0 aliphatic heterocycles. The molecule has 0 saturated carbocycles. The Hall–Kier alpha value is -6.40. The lowest BCUT2D eigenvalue weighted by Gasteiger charge is -2.14. The van der Waals surface area contributed by atoms with E-state index in [2.05, 4.69) is 4.18 Å². The molecule has 0 aliphatic carbocycles. The third kappa shape index (κ3) is 6.56. The standard InChI is InChI=1S/C35H17F3N4O3S/c36-35(37,38)46(43,44)45-34-16-32(28-5-1-26(2-6-28)30-11-22(18-39)9-23(12-30)19-40)15-33(17-34)29-7-3-27(4-8-29)31-13-24(20-41)10-25(14-31)21-42/h1-17H. The lowest BCUT2D eigenvalue weighted by molar-refractivity contribution is -0.0500. The molecule has 0 bridgehead atoms. The highest BCUT2D eigenvalue weighted by Gasteiger charge is 2.48. The first-order chi connectivity index (χ1) is 21.9. The van der Waals surface area contributed by atoms with Crippen LogP contribution in [0.1, 0.15) is 22.3 Å². The van der Waals surface area contributed by atoms with E-state index >= 15 is 0 Å². The summed E-state index contributed by atoms with van der Waals surface area (Å²) in [6, 6.07) is 34.9.